The van der Waals surface area contributed by atoms with Crippen molar-refractivity contribution in [2.24, 2.45) is 0 Å². The van der Waals surface area contributed by atoms with Crippen LogP contribution in [-0.2, 0) is 4.79 Å². The number of aromatic nitrogens is 2. The van der Waals surface area contributed by atoms with Crippen LogP contribution < -0.4 is 0 Å². The molecule has 0 N–H and O–H groups in total. The van der Waals surface area contributed by atoms with Gasteiger partial charge in [-0.1, -0.05) is 18.2 Å². The lowest BCUT2D eigenvalue weighted by Crippen LogP contribution is -1.94. The molecule has 3 rings (SSSR count). The van der Waals surface area contributed by atoms with Crippen LogP contribution in [0.5, 0.6) is 0 Å². The van der Waals surface area contributed by atoms with Gasteiger partial charge in [0, 0.05) is 17.3 Å². The summed E-state index contributed by atoms with van der Waals surface area (Å²) in [6.07, 6.45) is 5.08. The van der Waals surface area contributed by atoms with Gasteiger partial charge >= 0.3 is 0 Å². The first-order valence-electron chi connectivity index (χ1n) is 7.23. The van der Waals surface area contributed by atoms with E-state index >= 15 is 0 Å². The van der Waals surface area contributed by atoms with E-state index in [2.05, 4.69) is 5.10 Å². The standard InChI is InChI=1S/C19H15FN2O/c1-14(23)7-8-16-13-22(18-5-3-2-4-6-18)21-19(16)15-9-11-17(20)12-10-15/h2-13H,1H3. The van der Waals surface area contributed by atoms with Crippen LogP contribution in [0.3, 0.4) is 0 Å². The van der Waals surface area contributed by atoms with Crippen LogP contribution in [0.15, 0.2) is 66.9 Å². The summed E-state index contributed by atoms with van der Waals surface area (Å²) in [6.45, 7) is 1.50. The number of carbonyl (C=O) groups is 1. The summed E-state index contributed by atoms with van der Waals surface area (Å²) < 4.78 is 14.9. The summed E-state index contributed by atoms with van der Waals surface area (Å²) in [5.74, 6) is -0.334. The number of para-hydroxylation sites is 1. The summed E-state index contributed by atoms with van der Waals surface area (Å²) in [5.41, 5.74) is 3.21. The highest BCUT2D eigenvalue weighted by Crippen LogP contribution is 2.25. The number of halogens is 1. The quantitative estimate of drug-likeness (QED) is 0.674. The molecule has 0 atom stereocenters. The Hall–Kier alpha value is -3.01. The van der Waals surface area contributed by atoms with Crippen LogP contribution in [0.1, 0.15) is 12.5 Å². The van der Waals surface area contributed by atoms with Crippen molar-refractivity contribution in [3.63, 3.8) is 0 Å². The molecule has 3 aromatic rings. The van der Waals surface area contributed by atoms with Gasteiger partial charge in [0.05, 0.1) is 11.4 Å². The highest BCUT2D eigenvalue weighted by molar-refractivity contribution is 5.92. The largest absolute Gasteiger partial charge is 0.295 e. The first-order valence-corrected chi connectivity index (χ1v) is 7.23. The predicted octanol–water partition coefficient (Wildman–Crippen LogP) is 4.28. The maximum Gasteiger partial charge on any atom is 0.152 e. The zero-order valence-electron chi connectivity index (χ0n) is 12.6. The third-order valence-electron chi connectivity index (χ3n) is 3.38. The van der Waals surface area contributed by atoms with Crippen molar-refractivity contribution in [3.8, 4) is 16.9 Å². The number of hydrogen-bond acceptors (Lipinski definition) is 2. The van der Waals surface area contributed by atoms with E-state index in [1.54, 1.807) is 22.9 Å². The normalized spacial score (nSPS) is 11.0. The van der Waals surface area contributed by atoms with Gasteiger partial charge < -0.3 is 0 Å². The molecule has 0 aliphatic carbocycles. The van der Waals surface area contributed by atoms with Crippen LogP contribution in [0.4, 0.5) is 4.39 Å². The molecule has 23 heavy (non-hydrogen) atoms. The fraction of sp³-hybridized carbons (Fsp3) is 0.0526. The molecule has 1 heterocycles. The SMILES string of the molecule is CC(=O)C=Cc1cn(-c2ccccc2)nc1-c1ccc(F)cc1. The summed E-state index contributed by atoms with van der Waals surface area (Å²) in [6, 6.07) is 15.8. The van der Waals surface area contributed by atoms with Gasteiger partial charge in [0.15, 0.2) is 5.78 Å². The van der Waals surface area contributed by atoms with Crippen LogP contribution >= 0.6 is 0 Å². The van der Waals surface area contributed by atoms with Gasteiger partial charge in [-0.25, -0.2) is 9.07 Å². The van der Waals surface area contributed by atoms with E-state index in [1.165, 1.54) is 25.1 Å². The number of nitrogens with zero attached hydrogens (tertiary/aromatic N) is 2. The molecule has 0 aliphatic heterocycles. The van der Waals surface area contributed by atoms with Crippen molar-refractivity contribution in [2.45, 2.75) is 6.92 Å². The molecular formula is C19H15FN2O. The van der Waals surface area contributed by atoms with Gasteiger partial charge in [-0.3, -0.25) is 4.79 Å². The molecule has 114 valence electrons. The topological polar surface area (TPSA) is 34.9 Å². The van der Waals surface area contributed by atoms with E-state index in [-0.39, 0.29) is 11.6 Å². The van der Waals surface area contributed by atoms with Crippen molar-refractivity contribution in [2.75, 3.05) is 0 Å². The van der Waals surface area contributed by atoms with Gasteiger partial charge in [-0.2, -0.15) is 5.10 Å². The molecule has 0 saturated carbocycles. The van der Waals surface area contributed by atoms with Crippen LogP contribution in [0.25, 0.3) is 23.0 Å². The van der Waals surface area contributed by atoms with Crippen molar-refractivity contribution in [1.29, 1.82) is 0 Å². The van der Waals surface area contributed by atoms with Crippen LogP contribution in [0, 0.1) is 5.82 Å². The molecule has 0 radical (unpaired) electrons. The number of carbonyl (C=O) groups excluding carboxylic acids is 1. The molecule has 1 aromatic heterocycles. The molecular weight excluding hydrogens is 291 g/mol. The van der Waals surface area contributed by atoms with Crippen molar-refractivity contribution >= 4 is 11.9 Å². The smallest absolute Gasteiger partial charge is 0.152 e. The Bertz CT molecular complexity index is 849. The minimum Gasteiger partial charge on any atom is -0.295 e. The lowest BCUT2D eigenvalue weighted by molar-refractivity contribution is -0.112. The van der Waals surface area contributed by atoms with Crippen molar-refractivity contribution in [1.82, 2.24) is 9.78 Å². The van der Waals surface area contributed by atoms with Gasteiger partial charge in [0.2, 0.25) is 0 Å². The maximum atomic E-state index is 13.1. The van der Waals surface area contributed by atoms with Crippen molar-refractivity contribution in [3.05, 3.63) is 78.3 Å². The molecule has 2 aromatic carbocycles. The van der Waals surface area contributed by atoms with E-state index in [1.807, 2.05) is 36.5 Å². The monoisotopic (exact) mass is 306 g/mol. The molecule has 0 saturated heterocycles. The average molecular weight is 306 g/mol. The number of allylic oxidation sites excluding steroid dienone is 1. The molecule has 3 nitrogen and oxygen atoms in total. The van der Waals surface area contributed by atoms with Crippen molar-refractivity contribution < 1.29 is 9.18 Å². The summed E-state index contributed by atoms with van der Waals surface area (Å²) in [5, 5.41) is 4.59. The summed E-state index contributed by atoms with van der Waals surface area (Å²) in [7, 11) is 0. The van der Waals surface area contributed by atoms with Crippen LogP contribution in [-0.4, -0.2) is 15.6 Å². The third-order valence-corrected chi connectivity index (χ3v) is 3.38. The first-order chi connectivity index (χ1) is 11.1. The average Bonchev–Trinajstić information content (AvgIpc) is 2.99. The van der Waals surface area contributed by atoms with Crippen LogP contribution in [0.2, 0.25) is 0 Å². The lowest BCUT2D eigenvalue weighted by atomic mass is 10.1. The van der Waals surface area contributed by atoms with E-state index in [0.717, 1.165) is 16.8 Å². The molecule has 0 bridgehead atoms. The van der Waals surface area contributed by atoms with Gasteiger partial charge in [-0.15, -0.1) is 0 Å². The van der Waals surface area contributed by atoms with E-state index in [0.29, 0.717) is 5.69 Å². The Balaban J connectivity index is 2.10. The molecule has 0 unspecified atom stereocenters. The first kappa shape index (κ1) is 14.9. The second-order valence-corrected chi connectivity index (χ2v) is 5.16. The van der Waals surface area contributed by atoms with Gasteiger partial charge in [0.25, 0.3) is 0 Å². The molecule has 0 fully saturated rings. The predicted molar refractivity (Wildman–Crippen MR) is 88.7 cm³/mol. The van der Waals surface area contributed by atoms with E-state index < -0.39 is 0 Å². The van der Waals surface area contributed by atoms with Gasteiger partial charge in [0.1, 0.15) is 5.82 Å². The number of hydrogen-bond donors (Lipinski definition) is 0. The summed E-state index contributed by atoms with van der Waals surface area (Å²) in [4.78, 5) is 11.2. The third kappa shape index (κ3) is 3.43. The van der Waals surface area contributed by atoms with Gasteiger partial charge in [-0.05, 0) is 55.5 Å². The Morgan fingerprint density at radius 3 is 2.43 bits per heavy atom. The number of rotatable bonds is 4. The molecule has 0 spiro atoms. The zero-order chi connectivity index (χ0) is 16.2. The Labute approximate surface area is 133 Å². The highest BCUT2D eigenvalue weighted by atomic mass is 19.1. The minimum atomic E-state index is -0.294. The fourth-order valence-corrected chi connectivity index (χ4v) is 2.26. The lowest BCUT2D eigenvalue weighted by Gasteiger charge is -2.00. The van der Waals surface area contributed by atoms with E-state index in [9.17, 15) is 9.18 Å². The Kier molecular flexibility index (Phi) is 4.15. The zero-order valence-corrected chi connectivity index (χ0v) is 12.6. The Morgan fingerprint density at radius 2 is 1.78 bits per heavy atom. The Morgan fingerprint density at radius 1 is 1.09 bits per heavy atom. The second-order valence-electron chi connectivity index (χ2n) is 5.16. The number of ketones is 1. The molecule has 0 amide bonds. The molecule has 0 aliphatic rings. The second kappa shape index (κ2) is 6.40. The molecule has 4 heteroatoms. The summed E-state index contributed by atoms with van der Waals surface area (Å²) >= 11 is 0. The highest BCUT2D eigenvalue weighted by Gasteiger charge is 2.10. The van der Waals surface area contributed by atoms with E-state index in [4.69, 9.17) is 0 Å². The maximum absolute atomic E-state index is 13.1. The fourth-order valence-electron chi connectivity index (χ4n) is 2.26. The minimum absolute atomic E-state index is 0.0393. The number of benzene rings is 2.